The van der Waals surface area contributed by atoms with Crippen LogP contribution in [-0.2, 0) is 4.74 Å². The van der Waals surface area contributed by atoms with Crippen LogP contribution in [0.1, 0.15) is 45.1 Å². The second-order valence-corrected chi connectivity index (χ2v) is 7.67. The number of thiophene rings is 1. The molecular weight excluding hydrogens is 314 g/mol. The lowest BCUT2D eigenvalue weighted by atomic mass is 9.90. The highest BCUT2D eigenvalue weighted by atomic mass is 32.1. The molecule has 1 aliphatic heterocycles. The number of ether oxygens (including phenoxy) is 1. The molecule has 0 unspecified atom stereocenters. The number of hydrogen-bond donors (Lipinski definition) is 1. The van der Waals surface area contributed by atoms with Crippen LogP contribution in [0.2, 0.25) is 0 Å². The third kappa shape index (κ3) is 3.39. The van der Waals surface area contributed by atoms with Gasteiger partial charge < -0.3 is 14.7 Å². The highest BCUT2D eigenvalue weighted by Crippen LogP contribution is 2.39. The molecule has 0 atom stereocenters. The molecule has 1 amide bonds. The smallest absolute Gasteiger partial charge is 0.410 e. The number of rotatable bonds is 1. The molecule has 23 heavy (non-hydrogen) atoms. The lowest BCUT2D eigenvalue weighted by Gasteiger charge is -2.33. The number of carbonyl (C=O) groups is 1. The first kappa shape index (κ1) is 16.0. The molecule has 0 aromatic carbocycles. The van der Waals surface area contributed by atoms with E-state index in [-0.39, 0.29) is 12.0 Å². The number of aromatic hydroxyl groups is 1. The van der Waals surface area contributed by atoms with Gasteiger partial charge in [-0.1, -0.05) is 0 Å². The van der Waals surface area contributed by atoms with Gasteiger partial charge in [0.1, 0.15) is 16.8 Å². The molecule has 124 valence electrons. The van der Waals surface area contributed by atoms with Crippen LogP contribution in [0.25, 0.3) is 10.2 Å². The lowest BCUT2D eigenvalue weighted by Crippen LogP contribution is -2.41. The predicted molar refractivity (Wildman–Crippen MR) is 88.9 cm³/mol. The Kier molecular flexibility index (Phi) is 4.14. The lowest BCUT2D eigenvalue weighted by molar-refractivity contribution is 0.0205. The summed E-state index contributed by atoms with van der Waals surface area (Å²) < 4.78 is 5.42. The maximum Gasteiger partial charge on any atom is 0.410 e. The fraction of sp³-hybridized carbons (Fsp3) is 0.562. The van der Waals surface area contributed by atoms with Crippen molar-refractivity contribution in [2.45, 2.75) is 45.1 Å². The van der Waals surface area contributed by atoms with Crippen LogP contribution in [0, 0.1) is 0 Å². The SMILES string of the molecule is CC(C)(C)OC(=O)N1CCC(c2csc3ncnc(O)c23)CC1. The molecule has 3 rings (SSSR count). The minimum Gasteiger partial charge on any atom is -0.493 e. The zero-order chi connectivity index (χ0) is 16.6. The van der Waals surface area contributed by atoms with E-state index < -0.39 is 5.60 Å². The van der Waals surface area contributed by atoms with Crippen molar-refractivity contribution in [3.05, 3.63) is 17.3 Å². The largest absolute Gasteiger partial charge is 0.493 e. The summed E-state index contributed by atoms with van der Waals surface area (Å²) in [6.07, 6.45) is 2.82. The van der Waals surface area contributed by atoms with Crippen LogP contribution in [-0.4, -0.2) is 44.8 Å². The van der Waals surface area contributed by atoms with E-state index in [4.69, 9.17) is 4.74 Å². The van der Waals surface area contributed by atoms with Crippen LogP contribution in [0.15, 0.2) is 11.7 Å². The van der Waals surface area contributed by atoms with E-state index in [1.165, 1.54) is 17.7 Å². The molecule has 7 heteroatoms. The summed E-state index contributed by atoms with van der Waals surface area (Å²) in [5.41, 5.74) is 0.618. The van der Waals surface area contributed by atoms with Gasteiger partial charge in [0.15, 0.2) is 0 Å². The molecule has 1 aliphatic rings. The van der Waals surface area contributed by atoms with E-state index in [1.54, 1.807) is 4.90 Å². The first-order chi connectivity index (χ1) is 10.8. The van der Waals surface area contributed by atoms with Gasteiger partial charge in [0.05, 0.1) is 5.39 Å². The van der Waals surface area contributed by atoms with E-state index in [1.807, 2.05) is 26.2 Å². The van der Waals surface area contributed by atoms with Crippen molar-refractivity contribution in [1.29, 1.82) is 0 Å². The monoisotopic (exact) mass is 335 g/mol. The van der Waals surface area contributed by atoms with Crippen LogP contribution in [0.5, 0.6) is 5.88 Å². The summed E-state index contributed by atoms with van der Waals surface area (Å²) in [5.74, 6) is 0.347. The number of aromatic nitrogens is 2. The van der Waals surface area contributed by atoms with Crippen LogP contribution in [0.3, 0.4) is 0 Å². The predicted octanol–water partition coefficient (Wildman–Crippen LogP) is 3.51. The van der Waals surface area contributed by atoms with E-state index in [2.05, 4.69) is 9.97 Å². The van der Waals surface area contributed by atoms with Crippen molar-refractivity contribution >= 4 is 27.6 Å². The average molecular weight is 335 g/mol. The number of carbonyl (C=O) groups excluding carboxylic acids is 1. The fourth-order valence-corrected chi connectivity index (χ4v) is 3.86. The van der Waals surface area contributed by atoms with Gasteiger partial charge in [-0.2, -0.15) is 0 Å². The van der Waals surface area contributed by atoms with Crippen molar-refractivity contribution in [2.75, 3.05) is 13.1 Å². The molecule has 1 fully saturated rings. The molecule has 0 spiro atoms. The minimum atomic E-state index is -0.472. The van der Waals surface area contributed by atoms with Crippen LogP contribution < -0.4 is 0 Å². The van der Waals surface area contributed by atoms with Gasteiger partial charge in [-0.05, 0) is 50.5 Å². The summed E-state index contributed by atoms with van der Waals surface area (Å²) in [7, 11) is 0. The first-order valence-corrected chi connectivity index (χ1v) is 8.62. The summed E-state index contributed by atoms with van der Waals surface area (Å²) in [5, 5.41) is 12.8. The average Bonchev–Trinajstić information content (AvgIpc) is 2.91. The molecule has 0 aliphatic carbocycles. The maximum absolute atomic E-state index is 12.1. The second-order valence-electron chi connectivity index (χ2n) is 6.81. The Morgan fingerprint density at radius 2 is 2.04 bits per heavy atom. The molecule has 2 aromatic rings. The molecule has 0 radical (unpaired) electrons. The maximum atomic E-state index is 12.1. The summed E-state index contributed by atoms with van der Waals surface area (Å²) in [6, 6.07) is 0. The minimum absolute atomic E-state index is 0.0424. The van der Waals surface area contributed by atoms with Gasteiger partial charge in [-0.3, -0.25) is 0 Å². The van der Waals surface area contributed by atoms with Gasteiger partial charge in [0.25, 0.3) is 0 Å². The molecule has 3 heterocycles. The number of amides is 1. The quantitative estimate of drug-likeness (QED) is 0.863. The van der Waals surface area contributed by atoms with Gasteiger partial charge in [0, 0.05) is 13.1 Å². The van der Waals surface area contributed by atoms with Gasteiger partial charge in [-0.15, -0.1) is 11.3 Å². The zero-order valence-electron chi connectivity index (χ0n) is 13.6. The first-order valence-electron chi connectivity index (χ1n) is 7.74. The van der Waals surface area contributed by atoms with Crippen molar-refractivity contribution < 1.29 is 14.6 Å². The summed E-state index contributed by atoms with van der Waals surface area (Å²) >= 11 is 1.52. The Morgan fingerprint density at radius 1 is 1.35 bits per heavy atom. The Hall–Kier alpha value is -1.89. The van der Waals surface area contributed by atoms with E-state index in [0.29, 0.717) is 19.0 Å². The van der Waals surface area contributed by atoms with Gasteiger partial charge in [-0.25, -0.2) is 14.8 Å². The highest BCUT2D eigenvalue weighted by Gasteiger charge is 2.29. The number of piperidine rings is 1. The number of nitrogens with zero attached hydrogens (tertiary/aromatic N) is 3. The van der Waals surface area contributed by atoms with Crippen LogP contribution >= 0.6 is 11.3 Å². The standard InChI is InChI=1S/C16H21N3O3S/c1-16(2,3)22-15(21)19-6-4-10(5-7-19)11-8-23-14-12(11)13(20)17-9-18-14/h8-10H,4-7H2,1-3H3,(H,17,18,20). The molecule has 0 bridgehead atoms. The van der Waals surface area contributed by atoms with Crippen molar-refractivity contribution in [2.24, 2.45) is 0 Å². The molecule has 2 aromatic heterocycles. The number of likely N-dealkylation sites (tertiary alicyclic amines) is 1. The van der Waals surface area contributed by atoms with Crippen molar-refractivity contribution in [1.82, 2.24) is 14.9 Å². The third-order valence-corrected chi connectivity index (χ3v) is 4.87. The Balaban J connectivity index is 1.70. The Bertz CT molecular complexity index is 715. The third-order valence-electron chi connectivity index (χ3n) is 3.97. The molecular formula is C16H21N3O3S. The molecule has 1 saturated heterocycles. The second kappa shape index (κ2) is 5.96. The molecule has 0 saturated carbocycles. The topological polar surface area (TPSA) is 75.5 Å². The van der Waals surface area contributed by atoms with Crippen LogP contribution in [0.4, 0.5) is 4.79 Å². The zero-order valence-corrected chi connectivity index (χ0v) is 14.4. The van der Waals surface area contributed by atoms with Gasteiger partial charge in [0.2, 0.25) is 5.88 Å². The molecule has 6 nitrogen and oxygen atoms in total. The fourth-order valence-electron chi connectivity index (χ4n) is 2.88. The van der Waals surface area contributed by atoms with Crippen molar-refractivity contribution in [3.63, 3.8) is 0 Å². The molecule has 1 N–H and O–H groups in total. The van der Waals surface area contributed by atoms with E-state index in [9.17, 15) is 9.90 Å². The Labute approximate surface area is 139 Å². The summed E-state index contributed by atoms with van der Waals surface area (Å²) in [6.45, 7) is 6.94. The van der Waals surface area contributed by atoms with Crippen molar-refractivity contribution in [3.8, 4) is 5.88 Å². The summed E-state index contributed by atoms with van der Waals surface area (Å²) in [4.78, 5) is 22.8. The van der Waals surface area contributed by atoms with E-state index in [0.717, 1.165) is 28.6 Å². The van der Waals surface area contributed by atoms with Gasteiger partial charge >= 0.3 is 6.09 Å². The highest BCUT2D eigenvalue weighted by molar-refractivity contribution is 7.17. The Morgan fingerprint density at radius 3 is 2.70 bits per heavy atom. The van der Waals surface area contributed by atoms with E-state index >= 15 is 0 Å². The number of hydrogen-bond acceptors (Lipinski definition) is 6. The number of fused-ring (bicyclic) bond motifs is 1. The normalized spacial score (nSPS) is 16.7.